The van der Waals surface area contributed by atoms with Crippen molar-refractivity contribution >= 4 is 6.03 Å². The molecule has 0 spiro atoms. The molecule has 0 aromatic heterocycles. The fraction of sp³-hybridized carbons (Fsp3) is 0.250. The van der Waals surface area contributed by atoms with Crippen LogP contribution in [0.1, 0.15) is 6.42 Å². The van der Waals surface area contributed by atoms with E-state index in [-0.39, 0.29) is 11.9 Å². The highest BCUT2D eigenvalue weighted by Gasteiger charge is 2.26. The van der Waals surface area contributed by atoms with Crippen LogP contribution in [0.4, 0.5) is 9.18 Å². The first-order valence-electron chi connectivity index (χ1n) is 5.44. The second-order valence-electron chi connectivity index (χ2n) is 3.98. The number of hydrogen-bond donors (Lipinski definition) is 2. The van der Waals surface area contributed by atoms with Crippen LogP contribution >= 0.6 is 0 Å². The molecule has 2 atom stereocenters. The summed E-state index contributed by atoms with van der Waals surface area (Å²) in [5.41, 5.74) is 4.95. The van der Waals surface area contributed by atoms with Gasteiger partial charge in [-0.25, -0.2) is 9.18 Å². The lowest BCUT2D eigenvalue weighted by Crippen LogP contribution is -2.40. The van der Waals surface area contributed by atoms with E-state index < -0.39 is 12.1 Å². The highest BCUT2D eigenvalue weighted by molar-refractivity contribution is 5.71. The van der Waals surface area contributed by atoms with Gasteiger partial charge >= 0.3 is 6.03 Å². The van der Waals surface area contributed by atoms with E-state index in [4.69, 9.17) is 10.5 Å². The van der Waals surface area contributed by atoms with Gasteiger partial charge in [0.1, 0.15) is 17.7 Å². The molecule has 2 rings (SSSR count). The van der Waals surface area contributed by atoms with Gasteiger partial charge in [-0.15, -0.1) is 0 Å². The number of urea groups is 1. The van der Waals surface area contributed by atoms with E-state index in [1.54, 1.807) is 12.2 Å². The van der Waals surface area contributed by atoms with Crippen LogP contribution in [0.15, 0.2) is 36.4 Å². The number of carbonyl (C=O) groups excluding carboxylic acids is 1. The first-order valence-corrected chi connectivity index (χ1v) is 5.44. The predicted octanol–water partition coefficient (Wildman–Crippen LogP) is 1.67. The molecular formula is C12H13FN2O3. The number of rotatable bonds is 3. The Kier molecular flexibility index (Phi) is 3.47. The molecule has 1 aliphatic carbocycles. The maximum Gasteiger partial charge on any atom is 0.339 e. The number of hydrogen-bond acceptors (Lipinski definition) is 3. The van der Waals surface area contributed by atoms with Crippen molar-refractivity contribution in [1.82, 2.24) is 5.06 Å². The normalized spacial score (nSPS) is 21.9. The van der Waals surface area contributed by atoms with Gasteiger partial charge in [0.05, 0.1) is 6.04 Å². The Labute approximate surface area is 103 Å². The van der Waals surface area contributed by atoms with Crippen molar-refractivity contribution in [2.24, 2.45) is 5.73 Å². The summed E-state index contributed by atoms with van der Waals surface area (Å²) in [7, 11) is 0. The third-order valence-corrected chi connectivity index (χ3v) is 2.66. The quantitative estimate of drug-likeness (QED) is 0.488. The fourth-order valence-electron chi connectivity index (χ4n) is 1.77. The largest absolute Gasteiger partial charge is 0.486 e. The van der Waals surface area contributed by atoms with E-state index in [1.165, 1.54) is 24.3 Å². The minimum Gasteiger partial charge on any atom is -0.486 e. The molecule has 0 radical (unpaired) electrons. The monoisotopic (exact) mass is 252 g/mol. The second kappa shape index (κ2) is 5.05. The highest BCUT2D eigenvalue weighted by atomic mass is 19.1. The topological polar surface area (TPSA) is 75.8 Å². The zero-order chi connectivity index (χ0) is 13.1. The van der Waals surface area contributed by atoms with Crippen molar-refractivity contribution in [2.45, 2.75) is 18.6 Å². The van der Waals surface area contributed by atoms with Crippen molar-refractivity contribution in [3.63, 3.8) is 0 Å². The average molecular weight is 252 g/mol. The van der Waals surface area contributed by atoms with Gasteiger partial charge in [0.25, 0.3) is 0 Å². The molecule has 0 saturated heterocycles. The zero-order valence-corrected chi connectivity index (χ0v) is 9.49. The molecule has 5 nitrogen and oxygen atoms in total. The molecule has 6 heteroatoms. The number of benzene rings is 1. The number of ether oxygens (including phenoxy) is 1. The lowest BCUT2D eigenvalue weighted by Gasteiger charge is -2.20. The molecule has 18 heavy (non-hydrogen) atoms. The van der Waals surface area contributed by atoms with Crippen molar-refractivity contribution in [1.29, 1.82) is 0 Å². The SMILES string of the molecule is NC(=O)N(O)[C@@H]1C=C[C@@H](Oc2ccc(F)cc2)C1. The molecule has 1 aromatic rings. The molecule has 0 bridgehead atoms. The Bertz CT molecular complexity index is 461. The molecule has 0 fully saturated rings. The van der Waals surface area contributed by atoms with Gasteiger partial charge in [-0.1, -0.05) is 6.08 Å². The van der Waals surface area contributed by atoms with Gasteiger partial charge in [0.2, 0.25) is 0 Å². The van der Waals surface area contributed by atoms with E-state index in [9.17, 15) is 14.4 Å². The molecule has 2 amide bonds. The van der Waals surface area contributed by atoms with Gasteiger partial charge in [-0.2, -0.15) is 5.06 Å². The van der Waals surface area contributed by atoms with Crippen molar-refractivity contribution in [3.05, 3.63) is 42.2 Å². The minimum atomic E-state index is -0.910. The number of halogens is 1. The van der Waals surface area contributed by atoms with E-state index in [0.29, 0.717) is 17.2 Å². The Morgan fingerprint density at radius 1 is 1.39 bits per heavy atom. The molecule has 96 valence electrons. The predicted molar refractivity (Wildman–Crippen MR) is 61.6 cm³/mol. The van der Waals surface area contributed by atoms with E-state index in [2.05, 4.69) is 0 Å². The molecule has 1 aliphatic rings. The van der Waals surface area contributed by atoms with Gasteiger partial charge < -0.3 is 10.5 Å². The number of primary amides is 1. The lowest BCUT2D eigenvalue weighted by atomic mass is 10.2. The second-order valence-corrected chi connectivity index (χ2v) is 3.98. The van der Waals surface area contributed by atoms with Gasteiger partial charge in [-0.3, -0.25) is 5.21 Å². The Balaban J connectivity index is 1.92. The van der Waals surface area contributed by atoms with Gasteiger partial charge in [0, 0.05) is 6.42 Å². The standard InChI is InChI=1S/C12H13FN2O3/c13-8-1-4-10(5-2-8)18-11-6-3-9(7-11)15(17)12(14)16/h1-6,9,11,17H,7H2,(H2,14,16)/t9-,11-/m1/s1. The summed E-state index contributed by atoms with van der Waals surface area (Å²) in [6.07, 6.45) is 3.48. The average Bonchev–Trinajstić information content (AvgIpc) is 2.79. The maximum atomic E-state index is 12.7. The minimum absolute atomic E-state index is 0.283. The first-order chi connectivity index (χ1) is 8.56. The zero-order valence-electron chi connectivity index (χ0n) is 9.49. The summed E-state index contributed by atoms with van der Waals surface area (Å²) in [5, 5.41) is 9.81. The Morgan fingerprint density at radius 3 is 2.67 bits per heavy atom. The molecule has 0 saturated carbocycles. The van der Waals surface area contributed by atoms with Crippen LogP contribution in [0.2, 0.25) is 0 Å². The number of hydroxylamine groups is 2. The summed E-state index contributed by atoms with van der Waals surface area (Å²) >= 11 is 0. The summed E-state index contributed by atoms with van der Waals surface area (Å²) in [6, 6.07) is 4.23. The van der Waals surface area contributed by atoms with E-state index in [1.807, 2.05) is 0 Å². The van der Waals surface area contributed by atoms with E-state index in [0.717, 1.165) is 0 Å². The number of carbonyl (C=O) groups is 1. The molecule has 1 aromatic carbocycles. The first kappa shape index (κ1) is 12.4. The number of nitrogens with zero attached hydrogens (tertiary/aromatic N) is 1. The highest BCUT2D eigenvalue weighted by Crippen LogP contribution is 2.21. The number of nitrogens with two attached hydrogens (primary N) is 1. The van der Waals surface area contributed by atoms with Crippen LogP contribution in [0.3, 0.4) is 0 Å². The van der Waals surface area contributed by atoms with Crippen LogP contribution < -0.4 is 10.5 Å². The lowest BCUT2D eigenvalue weighted by molar-refractivity contribution is -0.0645. The maximum absolute atomic E-state index is 12.7. The molecular weight excluding hydrogens is 239 g/mol. The molecule has 0 heterocycles. The van der Waals surface area contributed by atoms with Crippen molar-refractivity contribution < 1.29 is 19.1 Å². The summed E-state index contributed by atoms with van der Waals surface area (Å²) in [5.74, 6) is 0.188. The molecule has 0 unspecified atom stereocenters. The summed E-state index contributed by atoms with van der Waals surface area (Å²) < 4.78 is 18.2. The Morgan fingerprint density at radius 2 is 2.06 bits per heavy atom. The third-order valence-electron chi connectivity index (χ3n) is 2.66. The van der Waals surface area contributed by atoms with E-state index >= 15 is 0 Å². The van der Waals surface area contributed by atoms with Crippen LogP contribution in [0.5, 0.6) is 5.75 Å². The smallest absolute Gasteiger partial charge is 0.339 e. The summed E-state index contributed by atoms with van der Waals surface area (Å²) in [4.78, 5) is 10.8. The summed E-state index contributed by atoms with van der Waals surface area (Å²) in [6.45, 7) is 0. The third kappa shape index (κ3) is 2.78. The van der Waals surface area contributed by atoms with Crippen LogP contribution in [0.25, 0.3) is 0 Å². The van der Waals surface area contributed by atoms with Crippen molar-refractivity contribution in [3.8, 4) is 5.75 Å². The van der Waals surface area contributed by atoms with Gasteiger partial charge in [0.15, 0.2) is 0 Å². The number of amides is 2. The van der Waals surface area contributed by atoms with Gasteiger partial charge in [-0.05, 0) is 30.3 Å². The molecule has 0 aliphatic heterocycles. The van der Waals surface area contributed by atoms with Crippen LogP contribution in [-0.4, -0.2) is 28.4 Å². The van der Waals surface area contributed by atoms with Crippen molar-refractivity contribution in [2.75, 3.05) is 0 Å². The van der Waals surface area contributed by atoms with Crippen LogP contribution in [0, 0.1) is 5.82 Å². The molecule has 3 N–H and O–H groups in total. The van der Waals surface area contributed by atoms with Crippen LogP contribution in [-0.2, 0) is 0 Å². The fourth-order valence-corrected chi connectivity index (χ4v) is 1.77. The Hall–Kier alpha value is -2.08.